The lowest BCUT2D eigenvalue weighted by molar-refractivity contribution is 1.50. The lowest BCUT2D eigenvalue weighted by Crippen LogP contribution is -1.85. The van der Waals surface area contributed by atoms with E-state index in [2.05, 4.69) is 6.58 Å². The Morgan fingerprint density at radius 2 is 1.50 bits per heavy atom. The van der Waals surface area contributed by atoms with Crippen molar-refractivity contribution in [3.05, 3.63) is 48.6 Å². The molecule has 1 aromatic carbocycles. The fourth-order valence-corrected chi connectivity index (χ4v) is 1.08. The number of hydrogen-bond donors (Lipinski definition) is 1. The largest absolute Gasteiger partial charge is 0.399 e. The minimum Gasteiger partial charge on any atom is -0.399 e. The minimum atomic E-state index is 0.790. The highest BCUT2D eigenvalue weighted by atomic mass is 14.5. The quantitative estimate of drug-likeness (QED) is 0.555. The van der Waals surface area contributed by atoms with Gasteiger partial charge in [-0.05, 0) is 30.2 Å². The second kappa shape index (κ2) is 11.6. The molecule has 0 saturated carbocycles. The lowest BCUT2D eigenvalue weighted by Gasteiger charge is -2.01. The van der Waals surface area contributed by atoms with E-state index in [1.807, 2.05) is 71.0 Å². The highest BCUT2D eigenvalue weighted by Crippen LogP contribution is 2.16. The van der Waals surface area contributed by atoms with E-state index in [-0.39, 0.29) is 0 Å². The van der Waals surface area contributed by atoms with Crippen LogP contribution in [0.4, 0.5) is 5.69 Å². The molecule has 0 amide bonds. The summed E-state index contributed by atoms with van der Waals surface area (Å²) >= 11 is 0. The molecule has 0 fully saturated rings. The second-order valence-electron chi connectivity index (χ2n) is 2.57. The first-order chi connectivity index (χ1) is 7.77. The van der Waals surface area contributed by atoms with Gasteiger partial charge in [-0.2, -0.15) is 0 Å². The summed E-state index contributed by atoms with van der Waals surface area (Å²) in [4.78, 5) is 0. The number of anilines is 1. The van der Waals surface area contributed by atoms with E-state index in [0.29, 0.717) is 0 Å². The van der Waals surface area contributed by atoms with Gasteiger partial charge < -0.3 is 5.73 Å². The van der Waals surface area contributed by atoms with Crippen molar-refractivity contribution in [3.63, 3.8) is 0 Å². The van der Waals surface area contributed by atoms with Gasteiger partial charge >= 0.3 is 0 Å². The Morgan fingerprint density at radius 1 is 1.06 bits per heavy atom. The van der Waals surface area contributed by atoms with E-state index >= 15 is 0 Å². The van der Waals surface area contributed by atoms with Crippen LogP contribution in [0.2, 0.25) is 0 Å². The summed E-state index contributed by atoms with van der Waals surface area (Å²) in [6.07, 6.45) is 3.87. The summed E-state index contributed by atoms with van der Waals surface area (Å²) in [6.45, 7) is 13.7. The summed E-state index contributed by atoms with van der Waals surface area (Å²) in [5.41, 5.74) is 8.64. The van der Waals surface area contributed by atoms with Crippen LogP contribution < -0.4 is 5.73 Å². The molecule has 1 rings (SSSR count). The van der Waals surface area contributed by atoms with Crippen molar-refractivity contribution in [1.82, 2.24) is 0 Å². The highest BCUT2D eigenvalue weighted by molar-refractivity contribution is 5.73. The van der Waals surface area contributed by atoms with Crippen LogP contribution >= 0.6 is 0 Å². The third-order valence-electron chi connectivity index (χ3n) is 1.77. The Morgan fingerprint density at radius 3 is 1.81 bits per heavy atom. The number of allylic oxidation sites excluding steroid dienone is 3. The van der Waals surface area contributed by atoms with Crippen LogP contribution in [0.1, 0.15) is 40.2 Å². The summed E-state index contributed by atoms with van der Waals surface area (Å²) < 4.78 is 0. The van der Waals surface area contributed by atoms with E-state index in [1.54, 1.807) is 0 Å². The maximum atomic E-state index is 5.56. The van der Waals surface area contributed by atoms with E-state index in [0.717, 1.165) is 16.8 Å². The molecule has 0 aliphatic carbocycles. The van der Waals surface area contributed by atoms with Gasteiger partial charge in [0.15, 0.2) is 0 Å². The normalized spacial score (nSPS) is 9.19. The molecular weight excluding hydrogens is 194 g/mol. The monoisotopic (exact) mass is 219 g/mol. The smallest absolute Gasteiger partial charge is 0.0314 e. The summed E-state index contributed by atoms with van der Waals surface area (Å²) in [7, 11) is 0. The molecule has 90 valence electrons. The van der Waals surface area contributed by atoms with Crippen LogP contribution in [0, 0.1) is 0 Å². The number of hydrogen-bond acceptors (Lipinski definition) is 1. The van der Waals surface area contributed by atoms with Crippen LogP contribution in [-0.4, -0.2) is 0 Å². The first-order valence-corrected chi connectivity index (χ1v) is 5.92. The van der Waals surface area contributed by atoms with Crippen molar-refractivity contribution in [2.75, 3.05) is 5.73 Å². The zero-order valence-electron chi connectivity index (χ0n) is 11.2. The average molecular weight is 219 g/mol. The Bertz CT molecular complexity index is 294. The molecular formula is C15H25N. The van der Waals surface area contributed by atoms with Crippen molar-refractivity contribution in [3.8, 4) is 0 Å². The SMILES string of the molecule is C=C/C(=C\C)c1ccc(N)cc1.CC.CC. The van der Waals surface area contributed by atoms with E-state index in [4.69, 9.17) is 5.73 Å². The molecule has 0 aliphatic rings. The molecule has 2 N–H and O–H groups in total. The van der Waals surface area contributed by atoms with E-state index < -0.39 is 0 Å². The maximum Gasteiger partial charge on any atom is 0.0314 e. The topological polar surface area (TPSA) is 26.0 Å². The van der Waals surface area contributed by atoms with Gasteiger partial charge in [-0.15, -0.1) is 0 Å². The molecule has 1 heteroatoms. The molecule has 1 nitrogen and oxygen atoms in total. The highest BCUT2D eigenvalue weighted by Gasteiger charge is 1.93. The number of rotatable bonds is 2. The van der Waals surface area contributed by atoms with Crippen LogP contribution in [-0.2, 0) is 0 Å². The molecule has 0 saturated heterocycles. The standard InChI is InChI=1S/C11H13N.2C2H6/c1-3-9(4-2)10-5-7-11(12)8-6-10;2*1-2/h3-8H,1,12H2,2H3;2*1-2H3/b9-4+;;. The number of nitrogen functional groups attached to an aromatic ring is 1. The Hall–Kier alpha value is -1.50. The van der Waals surface area contributed by atoms with Crippen LogP contribution in [0.5, 0.6) is 0 Å². The fraction of sp³-hybridized carbons (Fsp3) is 0.333. The Balaban J connectivity index is 0. The molecule has 0 aromatic heterocycles. The fourth-order valence-electron chi connectivity index (χ4n) is 1.08. The van der Waals surface area contributed by atoms with E-state index in [1.165, 1.54) is 0 Å². The van der Waals surface area contributed by atoms with Gasteiger partial charge in [-0.3, -0.25) is 0 Å². The van der Waals surface area contributed by atoms with Crippen molar-refractivity contribution < 1.29 is 0 Å². The van der Waals surface area contributed by atoms with Crippen molar-refractivity contribution in [2.45, 2.75) is 34.6 Å². The molecule has 0 heterocycles. The van der Waals surface area contributed by atoms with Gasteiger partial charge in [0.2, 0.25) is 0 Å². The molecule has 16 heavy (non-hydrogen) atoms. The summed E-state index contributed by atoms with van der Waals surface area (Å²) in [5, 5.41) is 0. The Labute approximate surface area is 101 Å². The maximum absolute atomic E-state index is 5.56. The number of benzene rings is 1. The van der Waals surface area contributed by atoms with Gasteiger partial charge in [-0.25, -0.2) is 0 Å². The second-order valence-corrected chi connectivity index (χ2v) is 2.57. The predicted molar refractivity (Wildman–Crippen MR) is 77.4 cm³/mol. The molecule has 1 aromatic rings. The molecule has 0 atom stereocenters. The van der Waals surface area contributed by atoms with Crippen LogP contribution in [0.3, 0.4) is 0 Å². The summed E-state index contributed by atoms with van der Waals surface area (Å²) in [5.74, 6) is 0. The average Bonchev–Trinajstić information content (AvgIpc) is 2.38. The Kier molecular flexibility index (Phi) is 12.2. The van der Waals surface area contributed by atoms with Crippen molar-refractivity contribution in [1.29, 1.82) is 0 Å². The molecule has 0 unspecified atom stereocenters. The zero-order valence-corrected chi connectivity index (χ0v) is 11.2. The predicted octanol–water partition coefficient (Wildman–Crippen LogP) is 4.91. The third kappa shape index (κ3) is 6.07. The first-order valence-electron chi connectivity index (χ1n) is 5.92. The zero-order chi connectivity index (χ0) is 13.0. The molecule has 0 spiro atoms. The van der Waals surface area contributed by atoms with Crippen molar-refractivity contribution >= 4 is 11.3 Å². The molecule has 0 radical (unpaired) electrons. The van der Waals surface area contributed by atoms with E-state index in [9.17, 15) is 0 Å². The van der Waals surface area contributed by atoms with Gasteiger partial charge in [0, 0.05) is 5.69 Å². The lowest BCUT2D eigenvalue weighted by atomic mass is 10.1. The molecule has 0 aliphatic heterocycles. The number of nitrogens with two attached hydrogens (primary N) is 1. The first kappa shape index (κ1) is 16.9. The molecule has 0 bridgehead atoms. The minimum absolute atomic E-state index is 0.790. The third-order valence-corrected chi connectivity index (χ3v) is 1.77. The van der Waals surface area contributed by atoms with Gasteiger partial charge in [0.05, 0.1) is 0 Å². The van der Waals surface area contributed by atoms with Crippen LogP contribution in [0.25, 0.3) is 5.57 Å². The van der Waals surface area contributed by atoms with Crippen LogP contribution in [0.15, 0.2) is 43.0 Å². The summed E-state index contributed by atoms with van der Waals surface area (Å²) in [6, 6.07) is 7.77. The van der Waals surface area contributed by atoms with Gasteiger partial charge in [0.1, 0.15) is 0 Å². The van der Waals surface area contributed by atoms with Gasteiger partial charge in [0.25, 0.3) is 0 Å². The van der Waals surface area contributed by atoms with Crippen molar-refractivity contribution in [2.24, 2.45) is 0 Å². The van der Waals surface area contributed by atoms with Gasteiger partial charge in [-0.1, -0.05) is 58.6 Å².